The molecular formula is C41H38N4O3S. The Morgan fingerprint density at radius 3 is 2.24 bits per heavy atom. The fourth-order valence-electron chi connectivity index (χ4n) is 6.96. The van der Waals surface area contributed by atoms with E-state index >= 15 is 0 Å². The third kappa shape index (κ3) is 5.94. The summed E-state index contributed by atoms with van der Waals surface area (Å²) in [5, 5.41) is 8.26. The SMILES string of the molecule is Cc1ccc(N)cc1S(=O)(=O)N[C@H](C)c1cccc2c(-c3ccc4cccc([C@@H](C)NC(=O)c5c(C)ccc6[nH]ccc56)c4c3)cccc12. The highest BCUT2D eigenvalue weighted by Crippen LogP contribution is 2.36. The lowest BCUT2D eigenvalue weighted by atomic mass is 9.91. The minimum absolute atomic E-state index is 0.111. The van der Waals surface area contributed by atoms with E-state index in [2.05, 4.69) is 57.5 Å². The van der Waals surface area contributed by atoms with Crippen molar-refractivity contribution in [3.05, 3.63) is 143 Å². The van der Waals surface area contributed by atoms with Crippen molar-refractivity contribution < 1.29 is 13.2 Å². The number of carbonyl (C=O) groups excluding carboxylic acids is 1. The molecule has 8 heteroatoms. The van der Waals surface area contributed by atoms with Crippen LogP contribution in [0.1, 0.15) is 58.5 Å². The third-order valence-corrected chi connectivity index (χ3v) is 11.1. The van der Waals surface area contributed by atoms with Crippen LogP contribution in [-0.4, -0.2) is 19.3 Å². The summed E-state index contributed by atoms with van der Waals surface area (Å²) in [6, 6.07) is 34.8. The van der Waals surface area contributed by atoms with E-state index in [0.717, 1.165) is 60.3 Å². The van der Waals surface area contributed by atoms with Crippen LogP contribution in [0.15, 0.2) is 120 Å². The van der Waals surface area contributed by atoms with Crippen LogP contribution in [0.4, 0.5) is 5.69 Å². The summed E-state index contributed by atoms with van der Waals surface area (Å²) < 4.78 is 29.8. The lowest BCUT2D eigenvalue weighted by Crippen LogP contribution is -2.27. The van der Waals surface area contributed by atoms with Crippen LogP contribution >= 0.6 is 0 Å². The lowest BCUT2D eigenvalue weighted by molar-refractivity contribution is 0.0941. The first-order valence-corrected chi connectivity index (χ1v) is 17.8. The van der Waals surface area contributed by atoms with Gasteiger partial charge in [0.2, 0.25) is 10.0 Å². The predicted molar refractivity (Wildman–Crippen MR) is 200 cm³/mol. The van der Waals surface area contributed by atoms with Gasteiger partial charge in [-0.05, 0) is 113 Å². The number of H-pyrrole nitrogens is 1. The molecule has 0 unspecified atom stereocenters. The second-order valence-electron chi connectivity index (χ2n) is 12.8. The molecule has 246 valence electrons. The van der Waals surface area contributed by atoms with Crippen LogP contribution in [0.5, 0.6) is 0 Å². The molecule has 0 aliphatic rings. The van der Waals surface area contributed by atoms with Gasteiger partial charge in [0, 0.05) is 28.8 Å². The molecule has 1 heterocycles. The number of amides is 1. The van der Waals surface area contributed by atoms with Crippen LogP contribution in [-0.2, 0) is 10.0 Å². The quantitative estimate of drug-likeness (QED) is 0.121. The zero-order valence-electron chi connectivity index (χ0n) is 27.8. The molecule has 0 fully saturated rings. The Morgan fingerprint density at radius 1 is 0.714 bits per heavy atom. The number of nitrogen functional groups attached to an aromatic ring is 1. The van der Waals surface area contributed by atoms with Crippen molar-refractivity contribution in [2.75, 3.05) is 5.73 Å². The van der Waals surface area contributed by atoms with Gasteiger partial charge in [-0.15, -0.1) is 0 Å². The molecule has 1 amide bonds. The average Bonchev–Trinajstić information content (AvgIpc) is 3.56. The van der Waals surface area contributed by atoms with Gasteiger partial charge < -0.3 is 16.0 Å². The van der Waals surface area contributed by atoms with Gasteiger partial charge in [0.25, 0.3) is 5.91 Å². The molecule has 7 nitrogen and oxygen atoms in total. The summed E-state index contributed by atoms with van der Waals surface area (Å²) in [6.07, 6.45) is 1.86. The largest absolute Gasteiger partial charge is 0.399 e. The van der Waals surface area contributed by atoms with Gasteiger partial charge in [-0.2, -0.15) is 0 Å². The highest BCUT2D eigenvalue weighted by atomic mass is 32.2. The van der Waals surface area contributed by atoms with E-state index in [0.29, 0.717) is 16.8 Å². The monoisotopic (exact) mass is 666 g/mol. The van der Waals surface area contributed by atoms with E-state index in [1.807, 2.05) is 75.5 Å². The number of hydrogen-bond donors (Lipinski definition) is 4. The molecular weight excluding hydrogens is 629 g/mol. The molecule has 0 bridgehead atoms. The molecule has 2 atom stereocenters. The van der Waals surface area contributed by atoms with Crippen molar-refractivity contribution in [3.8, 4) is 11.1 Å². The summed E-state index contributed by atoms with van der Waals surface area (Å²) in [5.74, 6) is -0.111. The third-order valence-electron chi connectivity index (χ3n) is 9.47. The van der Waals surface area contributed by atoms with Crippen molar-refractivity contribution in [1.82, 2.24) is 15.0 Å². The first-order chi connectivity index (χ1) is 23.5. The first-order valence-electron chi connectivity index (χ1n) is 16.3. The van der Waals surface area contributed by atoms with E-state index in [1.165, 1.54) is 6.07 Å². The number of aromatic amines is 1. The molecule has 5 N–H and O–H groups in total. The molecule has 1 aromatic heterocycles. The van der Waals surface area contributed by atoms with E-state index in [-0.39, 0.29) is 16.8 Å². The number of aryl methyl sites for hydroxylation is 2. The van der Waals surface area contributed by atoms with Gasteiger partial charge in [-0.1, -0.05) is 78.9 Å². The Bertz CT molecular complexity index is 2520. The number of nitrogens with one attached hydrogen (secondary N) is 3. The molecule has 0 spiro atoms. The van der Waals surface area contributed by atoms with Crippen molar-refractivity contribution in [3.63, 3.8) is 0 Å². The maximum Gasteiger partial charge on any atom is 0.252 e. The van der Waals surface area contributed by atoms with Crippen LogP contribution < -0.4 is 15.8 Å². The van der Waals surface area contributed by atoms with Crippen LogP contribution in [0.3, 0.4) is 0 Å². The van der Waals surface area contributed by atoms with Gasteiger partial charge in [0.15, 0.2) is 0 Å². The van der Waals surface area contributed by atoms with Crippen LogP contribution in [0.2, 0.25) is 0 Å². The summed E-state index contributed by atoms with van der Waals surface area (Å²) in [6.45, 7) is 7.60. The Hall–Kier alpha value is -5.44. The molecule has 7 rings (SSSR count). The topological polar surface area (TPSA) is 117 Å². The maximum atomic E-state index is 13.6. The number of aromatic nitrogens is 1. The van der Waals surface area contributed by atoms with E-state index in [1.54, 1.807) is 19.1 Å². The van der Waals surface area contributed by atoms with Crippen molar-refractivity contribution in [2.24, 2.45) is 0 Å². The van der Waals surface area contributed by atoms with Crippen molar-refractivity contribution >= 4 is 54.1 Å². The maximum absolute atomic E-state index is 13.6. The van der Waals surface area contributed by atoms with Crippen LogP contribution in [0, 0.1) is 13.8 Å². The average molecular weight is 667 g/mol. The smallest absolute Gasteiger partial charge is 0.252 e. The fourth-order valence-corrected chi connectivity index (χ4v) is 8.46. The second kappa shape index (κ2) is 12.5. The number of sulfonamides is 1. The molecule has 0 saturated heterocycles. The molecule has 0 saturated carbocycles. The van der Waals surface area contributed by atoms with E-state index in [9.17, 15) is 13.2 Å². The highest BCUT2D eigenvalue weighted by molar-refractivity contribution is 7.89. The Morgan fingerprint density at radius 2 is 1.43 bits per heavy atom. The number of carbonyl (C=O) groups is 1. The van der Waals surface area contributed by atoms with Gasteiger partial charge in [-0.25, -0.2) is 13.1 Å². The molecule has 0 radical (unpaired) electrons. The minimum Gasteiger partial charge on any atom is -0.399 e. The molecule has 49 heavy (non-hydrogen) atoms. The molecule has 6 aromatic carbocycles. The van der Waals surface area contributed by atoms with Gasteiger partial charge >= 0.3 is 0 Å². The number of hydrogen-bond acceptors (Lipinski definition) is 4. The van der Waals surface area contributed by atoms with Gasteiger partial charge in [0.1, 0.15) is 0 Å². The summed E-state index contributed by atoms with van der Waals surface area (Å²) in [7, 11) is -3.83. The predicted octanol–water partition coefficient (Wildman–Crippen LogP) is 8.87. The van der Waals surface area contributed by atoms with E-state index in [4.69, 9.17) is 5.73 Å². The Balaban J connectivity index is 1.23. The highest BCUT2D eigenvalue weighted by Gasteiger charge is 2.23. The lowest BCUT2D eigenvalue weighted by Gasteiger charge is -2.20. The fraction of sp³-hybridized carbons (Fsp3) is 0.146. The van der Waals surface area contributed by atoms with Crippen molar-refractivity contribution in [2.45, 2.75) is 44.7 Å². The zero-order valence-corrected chi connectivity index (χ0v) is 28.7. The number of fused-ring (bicyclic) bond motifs is 3. The summed E-state index contributed by atoms with van der Waals surface area (Å²) >= 11 is 0. The van der Waals surface area contributed by atoms with Crippen LogP contribution in [0.25, 0.3) is 43.6 Å². The summed E-state index contributed by atoms with van der Waals surface area (Å²) in [5.41, 5.74) is 13.4. The Kier molecular flexibility index (Phi) is 8.22. The zero-order chi connectivity index (χ0) is 34.4. The normalized spacial score (nSPS) is 13.1. The molecule has 0 aliphatic heterocycles. The number of benzene rings is 6. The minimum atomic E-state index is -3.83. The number of rotatable bonds is 8. The van der Waals surface area contributed by atoms with Crippen molar-refractivity contribution in [1.29, 1.82) is 0 Å². The second-order valence-corrected chi connectivity index (χ2v) is 14.5. The number of anilines is 1. The van der Waals surface area contributed by atoms with Gasteiger partial charge in [-0.3, -0.25) is 4.79 Å². The standard InChI is InChI=1S/C41H38N4O3S/c1-24-14-18-30(42)23-39(24)49(47,48)45-27(4)32-10-6-13-35-33(11-7-12-34(32)35)29-17-16-28-8-5-9-31(37(28)22-29)26(3)44-41(46)40-25(2)15-19-38-36(40)20-21-43-38/h5-23,26-27,43,45H,42H2,1-4H3,(H,44,46)/t26-,27-/m1/s1. The first kappa shape index (κ1) is 32.1. The summed E-state index contributed by atoms with van der Waals surface area (Å²) in [4.78, 5) is 17.0. The molecule has 0 aliphatic carbocycles. The van der Waals surface area contributed by atoms with Gasteiger partial charge in [0.05, 0.1) is 16.5 Å². The number of nitrogens with two attached hydrogens (primary N) is 1. The van der Waals surface area contributed by atoms with E-state index < -0.39 is 16.1 Å². The molecule has 7 aromatic rings. The Labute approximate surface area is 286 Å².